The standard InChI is InChI=1S/C9H14N4O2/c1-2-15-6-9(14)12-3-4-13-7-10-11-8(13)5-12/h7H,2-6H2,1H3. The fourth-order valence-corrected chi connectivity index (χ4v) is 1.56. The zero-order chi connectivity index (χ0) is 10.7. The van der Waals surface area contributed by atoms with Crippen LogP contribution in [0.2, 0.25) is 0 Å². The summed E-state index contributed by atoms with van der Waals surface area (Å²) in [6.07, 6.45) is 1.69. The van der Waals surface area contributed by atoms with Crippen LogP contribution >= 0.6 is 0 Å². The predicted molar refractivity (Wildman–Crippen MR) is 51.9 cm³/mol. The molecule has 2 rings (SSSR count). The van der Waals surface area contributed by atoms with E-state index in [2.05, 4.69) is 10.2 Å². The number of carbonyl (C=O) groups is 1. The average molecular weight is 210 g/mol. The zero-order valence-electron chi connectivity index (χ0n) is 8.72. The van der Waals surface area contributed by atoms with Gasteiger partial charge in [-0.1, -0.05) is 0 Å². The van der Waals surface area contributed by atoms with Crippen LogP contribution < -0.4 is 0 Å². The molecule has 2 heterocycles. The molecule has 15 heavy (non-hydrogen) atoms. The molecule has 0 fully saturated rings. The van der Waals surface area contributed by atoms with E-state index >= 15 is 0 Å². The fraction of sp³-hybridized carbons (Fsp3) is 0.667. The van der Waals surface area contributed by atoms with Gasteiger partial charge >= 0.3 is 0 Å². The molecule has 1 aliphatic heterocycles. The summed E-state index contributed by atoms with van der Waals surface area (Å²) < 4.78 is 7.05. The maximum atomic E-state index is 11.6. The Bertz CT molecular complexity index is 350. The van der Waals surface area contributed by atoms with Gasteiger partial charge < -0.3 is 14.2 Å². The molecule has 0 bridgehead atoms. The highest BCUT2D eigenvalue weighted by Crippen LogP contribution is 2.08. The Morgan fingerprint density at radius 1 is 1.60 bits per heavy atom. The van der Waals surface area contributed by atoms with Crippen molar-refractivity contribution < 1.29 is 9.53 Å². The van der Waals surface area contributed by atoms with Crippen LogP contribution in [0.5, 0.6) is 0 Å². The lowest BCUT2D eigenvalue weighted by Crippen LogP contribution is -2.40. The molecule has 1 aliphatic rings. The molecule has 0 atom stereocenters. The number of aromatic nitrogens is 3. The highest BCUT2D eigenvalue weighted by molar-refractivity contribution is 5.77. The SMILES string of the molecule is CCOCC(=O)N1CCn2cnnc2C1. The first kappa shape index (κ1) is 10.1. The minimum atomic E-state index is 0.0195. The van der Waals surface area contributed by atoms with Crippen LogP contribution in [0, 0.1) is 0 Å². The zero-order valence-corrected chi connectivity index (χ0v) is 8.72. The molecule has 0 N–H and O–H groups in total. The smallest absolute Gasteiger partial charge is 0.249 e. The Kier molecular flexibility index (Phi) is 2.96. The molecule has 0 saturated carbocycles. The summed E-state index contributed by atoms with van der Waals surface area (Å²) in [6, 6.07) is 0. The third-order valence-electron chi connectivity index (χ3n) is 2.42. The second-order valence-electron chi connectivity index (χ2n) is 3.39. The van der Waals surface area contributed by atoms with E-state index in [4.69, 9.17) is 4.74 Å². The Labute approximate surface area is 87.8 Å². The van der Waals surface area contributed by atoms with Gasteiger partial charge in [0.25, 0.3) is 0 Å². The normalized spacial score (nSPS) is 15.1. The lowest BCUT2D eigenvalue weighted by atomic mass is 10.3. The minimum Gasteiger partial charge on any atom is -0.372 e. The van der Waals surface area contributed by atoms with Crippen molar-refractivity contribution >= 4 is 5.91 Å². The molecular formula is C9H14N4O2. The third-order valence-corrected chi connectivity index (χ3v) is 2.42. The molecule has 1 aromatic heterocycles. The van der Waals surface area contributed by atoms with E-state index in [0.717, 1.165) is 12.4 Å². The van der Waals surface area contributed by atoms with Gasteiger partial charge in [-0.2, -0.15) is 0 Å². The van der Waals surface area contributed by atoms with Crippen molar-refractivity contribution in [3.63, 3.8) is 0 Å². The third kappa shape index (κ3) is 2.15. The van der Waals surface area contributed by atoms with Crippen LogP contribution in [0.3, 0.4) is 0 Å². The van der Waals surface area contributed by atoms with Gasteiger partial charge in [0.2, 0.25) is 5.91 Å². The number of hydrogen-bond acceptors (Lipinski definition) is 4. The molecule has 82 valence electrons. The monoisotopic (exact) mass is 210 g/mol. The van der Waals surface area contributed by atoms with Crippen LogP contribution in [-0.4, -0.2) is 45.3 Å². The number of hydrogen-bond donors (Lipinski definition) is 0. The molecule has 6 nitrogen and oxygen atoms in total. The summed E-state index contributed by atoms with van der Waals surface area (Å²) in [5.41, 5.74) is 0. The van der Waals surface area contributed by atoms with Crippen molar-refractivity contribution in [2.24, 2.45) is 0 Å². The Hall–Kier alpha value is -1.43. The Balaban J connectivity index is 1.94. The quantitative estimate of drug-likeness (QED) is 0.684. The highest BCUT2D eigenvalue weighted by Gasteiger charge is 2.21. The first-order valence-corrected chi connectivity index (χ1v) is 5.03. The van der Waals surface area contributed by atoms with Crippen LogP contribution in [0.15, 0.2) is 6.33 Å². The lowest BCUT2D eigenvalue weighted by molar-refractivity contribution is -0.137. The largest absolute Gasteiger partial charge is 0.372 e. The van der Waals surface area contributed by atoms with Crippen molar-refractivity contribution in [3.8, 4) is 0 Å². The Morgan fingerprint density at radius 3 is 3.27 bits per heavy atom. The number of ether oxygens (including phenoxy) is 1. The summed E-state index contributed by atoms with van der Waals surface area (Å²) in [5.74, 6) is 0.859. The molecule has 0 aromatic carbocycles. The summed E-state index contributed by atoms with van der Waals surface area (Å²) in [4.78, 5) is 13.4. The van der Waals surface area contributed by atoms with Crippen molar-refractivity contribution in [3.05, 3.63) is 12.2 Å². The molecule has 0 radical (unpaired) electrons. The molecule has 0 spiro atoms. The molecule has 0 saturated heterocycles. The van der Waals surface area contributed by atoms with E-state index in [1.165, 1.54) is 0 Å². The van der Waals surface area contributed by atoms with Crippen molar-refractivity contribution in [2.75, 3.05) is 19.8 Å². The predicted octanol–water partition coefficient (Wildman–Crippen LogP) is -0.343. The molecule has 1 amide bonds. The van der Waals surface area contributed by atoms with E-state index < -0.39 is 0 Å². The van der Waals surface area contributed by atoms with Gasteiger partial charge in [0, 0.05) is 19.7 Å². The molecule has 1 aromatic rings. The van der Waals surface area contributed by atoms with Gasteiger partial charge in [-0.3, -0.25) is 4.79 Å². The first-order valence-electron chi connectivity index (χ1n) is 5.03. The van der Waals surface area contributed by atoms with Gasteiger partial charge in [-0.25, -0.2) is 0 Å². The van der Waals surface area contributed by atoms with E-state index in [1.807, 2.05) is 11.5 Å². The second kappa shape index (κ2) is 4.39. The van der Waals surface area contributed by atoms with Crippen LogP contribution in [-0.2, 0) is 22.6 Å². The fourth-order valence-electron chi connectivity index (χ4n) is 1.56. The highest BCUT2D eigenvalue weighted by atomic mass is 16.5. The number of nitrogens with zero attached hydrogens (tertiary/aromatic N) is 4. The van der Waals surface area contributed by atoms with Gasteiger partial charge in [-0.15, -0.1) is 10.2 Å². The van der Waals surface area contributed by atoms with Gasteiger partial charge in [-0.05, 0) is 6.92 Å². The van der Waals surface area contributed by atoms with E-state index in [-0.39, 0.29) is 12.5 Å². The van der Waals surface area contributed by atoms with Gasteiger partial charge in [0.15, 0.2) is 5.82 Å². The lowest BCUT2D eigenvalue weighted by Gasteiger charge is -2.26. The number of fused-ring (bicyclic) bond motifs is 1. The maximum Gasteiger partial charge on any atom is 0.249 e. The molecule has 0 unspecified atom stereocenters. The van der Waals surface area contributed by atoms with E-state index in [0.29, 0.717) is 19.7 Å². The first-order chi connectivity index (χ1) is 7.31. The van der Waals surface area contributed by atoms with Crippen LogP contribution in [0.1, 0.15) is 12.7 Å². The molecule has 0 aliphatic carbocycles. The summed E-state index contributed by atoms with van der Waals surface area (Å²) in [5, 5.41) is 7.75. The van der Waals surface area contributed by atoms with Crippen molar-refractivity contribution in [1.82, 2.24) is 19.7 Å². The summed E-state index contributed by atoms with van der Waals surface area (Å²) in [6.45, 7) is 4.60. The van der Waals surface area contributed by atoms with Crippen LogP contribution in [0.4, 0.5) is 0 Å². The van der Waals surface area contributed by atoms with Gasteiger partial charge in [0.05, 0.1) is 6.54 Å². The minimum absolute atomic E-state index is 0.0195. The van der Waals surface area contributed by atoms with Gasteiger partial charge in [0.1, 0.15) is 12.9 Å². The number of carbonyl (C=O) groups excluding carboxylic acids is 1. The van der Waals surface area contributed by atoms with E-state index in [9.17, 15) is 4.79 Å². The molecular weight excluding hydrogens is 196 g/mol. The number of amides is 1. The Morgan fingerprint density at radius 2 is 2.47 bits per heavy atom. The average Bonchev–Trinajstić information content (AvgIpc) is 2.72. The van der Waals surface area contributed by atoms with E-state index in [1.54, 1.807) is 11.2 Å². The molecule has 6 heteroatoms. The topological polar surface area (TPSA) is 60.2 Å². The number of rotatable bonds is 3. The second-order valence-corrected chi connectivity index (χ2v) is 3.39. The summed E-state index contributed by atoms with van der Waals surface area (Å²) in [7, 11) is 0. The van der Waals surface area contributed by atoms with Crippen molar-refractivity contribution in [2.45, 2.75) is 20.0 Å². The van der Waals surface area contributed by atoms with Crippen molar-refractivity contribution in [1.29, 1.82) is 0 Å². The maximum absolute atomic E-state index is 11.6. The van der Waals surface area contributed by atoms with Crippen LogP contribution in [0.25, 0.3) is 0 Å². The summed E-state index contributed by atoms with van der Waals surface area (Å²) >= 11 is 0.